The SMILES string of the molecule is [C-]#[N+]C1(c2ccc(CO)cn2)CCC(N2CCCN(C(C)=O)CC2)CC1. The van der Waals surface area contributed by atoms with Crippen LogP contribution in [-0.4, -0.2) is 58.0 Å². The van der Waals surface area contributed by atoms with Crippen molar-refractivity contribution in [2.45, 2.75) is 57.2 Å². The summed E-state index contributed by atoms with van der Waals surface area (Å²) >= 11 is 0. The molecule has 1 amide bonds. The van der Waals surface area contributed by atoms with Gasteiger partial charge in [-0.3, -0.25) is 14.7 Å². The van der Waals surface area contributed by atoms with Crippen LogP contribution in [0.25, 0.3) is 4.85 Å². The van der Waals surface area contributed by atoms with Crippen LogP contribution in [0, 0.1) is 6.57 Å². The first kappa shape index (κ1) is 18.8. The third kappa shape index (κ3) is 3.89. The molecule has 2 fully saturated rings. The first-order valence-corrected chi connectivity index (χ1v) is 9.52. The van der Waals surface area contributed by atoms with Crippen molar-refractivity contribution in [2.24, 2.45) is 0 Å². The van der Waals surface area contributed by atoms with Crippen molar-refractivity contribution in [3.63, 3.8) is 0 Å². The summed E-state index contributed by atoms with van der Waals surface area (Å²) in [5.74, 6) is 0.167. The molecule has 1 aromatic heterocycles. The topological polar surface area (TPSA) is 61.0 Å². The first-order chi connectivity index (χ1) is 12.6. The second kappa shape index (κ2) is 8.15. The van der Waals surface area contributed by atoms with Gasteiger partial charge >= 0.3 is 0 Å². The Morgan fingerprint density at radius 1 is 1.31 bits per heavy atom. The maximum absolute atomic E-state index is 11.6. The van der Waals surface area contributed by atoms with Crippen molar-refractivity contribution >= 4 is 5.91 Å². The predicted molar refractivity (Wildman–Crippen MR) is 99.1 cm³/mol. The molecule has 0 spiro atoms. The molecule has 1 aromatic rings. The van der Waals surface area contributed by atoms with Crippen LogP contribution in [0.1, 0.15) is 50.3 Å². The molecule has 0 aromatic carbocycles. The second-order valence-corrected chi connectivity index (χ2v) is 7.48. The van der Waals surface area contributed by atoms with E-state index in [0.717, 1.165) is 69.5 Å². The van der Waals surface area contributed by atoms with Crippen molar-refractivity contribution in [1.29, 1.82) is 0 Å². The number of carbonyl (C=O) groups is 1. The van der Waals surface area contributed by atoms with Gasteiger partial charge < -0.3 is 14.9 Å². The zero-order valence-electron chi connectivity index (χ0n) is 15.5. The van der Waals surface area contributed by atoms with Crippen molar-refractivity contribution in [3.05, 3.63) is 41.0 Å². The molecule has 0 radical (unpaired) electrons. The Kier molecular flexibility index (Phi) is 5.90. The normalized spacial score (nSPS) is 27.6. The number of hydrogen-bond donors (Lipinski definition) is 1. The van der Waals surface area contributed by atoms with Crippen molar-refractivity contribution in [3.8, 4) is 0 Å². The number of aliphatic hydroxyl groups is 1. The molecule has 1 aliphatic carbocycles. The van der Waals surface area contributed by atoms with Crippen LogP contribution in [0.2, 0.25) is 0 Å². The summed E-state index contributed by atoms with van der Waals surface area (Å²) < 4.78 is 0. The summed E-state index contributed by atoms with van der Waals surface area (Å²) in [6.07, 6.45) is 6.32. The van der Waals surface area contributed by atoms with E-state index in [4.69, 9.17) is 6.57 Å². The number of aromatic nitrogens is 1. The zero-order chi connectivity index (χ0) is 18.6. The number of carbonyl (C=O) groups excluding carboxylic acids is 1. The number of amides is 1. The molecule has 2 aliphatic rings. The Balaban J connectivity index is 1.63. The maximum atomic E-state index is 11.6. The molecule has 0 bridgehead atoms. The highest BCUT2D eigenvalue weighted by atomic mass is 16.3. The summed E-state index contributed by atoms with van der Waals surface area (Å²) in [5.41, 5.74) is 1.09. The average molecular weight is 356 g/mol. The molecule has 2 heterocycles. The fraction of sp³-hybridized carbons (Fsp3) is 0.650. The lowest BCUT2D eigenvalue weighted by Crippen LogP contribution is -2.43. The van der Waals surface area contributed by atoms with E-state index >= 15 is 0 Å². The van der Waals surface area contributed by atoms with E-state index in [1.165, 1.54) is 0 Å². The molecule has 1 saturated carbocycles. The standard InChI is InChI=1S/C20H28N4O2/c1-16(26)23-10-3-11-24(13-12-23)18-6-8-20(21-2,9-7-18)19-5-4-17(15-25)14-22-19/h4-5,14,18,25H,3,6-13,15H2,1H3. The van der Waals surface area contributed by atoms with Crippen molar-refractivity contribution < 1.29 is 9.90 Å². The van der Waals surface area contributed by atoms with E-state index in [1.807, 2.05) is 17.0 Å². The first-order valence-electron chi connectivity index (χ1n) is 9.52. The van der Waals surface area contributed by atoms with Crippen LogP contribution in [0.15, 0.2) is 18.3 Å². The minimum atomic E-state index is -0.526. The molecule has 1 aliphatic heterocycles. The van der Waals surface area contributed by atoms with Crippen molar-refractivity contribution in [2.75, 3.05) is 26.2 Å². The van der Waals surface area contributed by atoms with Gasteiger partial charge in [-0.2, -0.15) is 0 Å². The summed E-state index contributed by atoms with van der Waals surface area (Å²) in [6.45, 7) is 13.0. The lowest BCUT2D eigenvalue weighted by Gasteiger charge is -2.37. The van der Waals surface area contributed by atoms with Crippen molar-refractivity contribution in [1.82, 2.24) is 14.8 Å². The number of hydrogen-bond acceptors (Lipinski definition) is 4. The number of rotatable bonds is 3. The minimum Gasteiger partial charge on any atom is -0.392 e. The van der Waals surface area contributed by atoms with Gasteiger partial charge in [-0.1, -0.05) is 6.07 Å². The molecule has 1 N–H and O–H groups in total. The summed E-state index contributed by atoms with van der Waals surface area (Å²) in [5, 5.41) is 9.18. The Morgan fingerprint density at radius 2 is 2.08 bits per heavy atom. The fourth-order valence-electron chi connectivity index (χ4n) is 4.28. The Labute approximate surface area is 155 Å². The molecule has 3 rings (SSSR count). The van der Waals surface area contributed by atoms with E-state index < -0.39 is 5.54 Å². The molecule has 26 heavy (non-hydrogen) atoms. The van der Waals surface area contributed by atoms with Crippen LogP contribution >= 0.6 is 0 Å². The lowest BCUT2D eigenvalue weighted by atomic mass is 9.77. The molecule has 0 atom stereocenters. The largest absolute Gasteiger partial charge is 0.392 e. The van der Waals surface area contributed by atoms with Gasteiger partial charge in [0.25, 0.3) is 5.54 Å². The molecular formula is C20H28N4O2. The molecule has 0 unspecified atom stereocenters. The van der Waals surface area contributed by atoms with Gasteiger partial charge in [0.2, 0.25) is 5.91 Å². The minimum absolute atomic E-state index is 0.0212. The van der Waals surface area contributed by atoms with Gasteiger partial charge in [0.15, 0.2) is 0 Å². The van der Waals surface area contributed by atoms with Gasteiger partial charge in [0.1, 0.15) is 5.69 Å². The van der Waals surface area contributed by atoms with Gasteiger partial charge in [-0.25, -0.2) is 6.57 Å². The zero-order valence-corrected chi connectivity index (χ0v) is 15.5. The highest BCUT2D eigenvalue weighted by Crippen LogP contribution is 2.41. The number of nitrogens with zero attached hydrogens (tertiary/aromatic N) is 4. The predicted octanol–water partition coefficient (Wildman–Crippen LogP) is 2.19. The molecular weight excluding hydrogens is 328 g/mol. The monoisotopic (exact) mass is 356 g/mol. The van der Waals surface area contributed by atoms with E-state index in [-0.39, 0.29) is 12.5 Å². The van der Waals surface area contributed by atoms with Crippen LogP contribution in [0.5, 0.6) is 0 Å². The third-order valence-electron chi connectivity index (χ3n) is 5.97. The summed E-state index contributed by atoms with van der Waals surface area (Å²) in [6, 6.07) is 4.26. The Morgan fingerprint density at radius 3 is 2.65 bits per heavy atom. The maximum Gasteiger partial charge on any atom is 0.274 e. The second-order valence-electron chi connectivity index (χ2n) is 7.48. The van der Waals surface area contributed by atoms with Crippen LogP contribution in [0.4, 0.5) is 0 Å². The van der Waals surface area contributed by atoms with Gasteiger partial charge in [-0.05, 0) is 30.9 Å². The number of aliphatic hydroxyl groups excluding tert-OH is 1. The molecule has 6 heteroatoms. The van der Waals surface area contributed by atoms with E-state index in [2.05, 4.69) is 14.7 Å². The van der Waals surface area contributed by atoms with Crippen LogP contribution in [0.3, 0.4) is 0 Å². The van der Waals surface area contributed by atoms with Gasteiger partial charge in [-0.15, -0.1) is 0 Å². The lowest BCUT2D eigenvalue weighted by molar-refractivity contribution is -0.128. The summed E-state index contributed by atoms with van der Waals surface area (Å²) in [7, 11) is 0. The average Bonchev–Trinajstić information content (AvgIpc) is 2.94. The number of pyridine rings is 1. The van der Waals surface area contributed by atoms with E-state index in [1.54, 1.807) is 13.1 Å². The fourth-order valence-corrected chi connectivity index (χ4v) is 4.28. The smallest absolute Gasteiger partial charge is 0.274 e. The summed E-state index contributed by atoms with van der Waals surface area (Å²) in [4.78, 5) is 24.5. The molecule has 140 valence electrons. The van der Waals surface area contributed by atoms with Crippen LogP contribution in [-0.2, 0) is 16.9 Å². The van der Waals surface area contributed by atoms with Gasteiger partial charge in [0.05, 0.1) is 6.61 Å². The van der Waals surface area contributed by atoms with E-state index in [0.29, 0.717) is 6.04 Å². The van der Waals surface area contributed by atoms with Gasteiger partial charge in [0, 0.05) is 58.2 Å². The highest BCUT2D eigenvalue weighted by Gasteiger charge is 2.45. The Hall–Kier alpha value is -1.97. The van der Waals surface area contributed by atoms with Crippen LogP contribution < -0.4 is 0 Å². The molecule has 1 saturated heterocycles. The molecule has 6 nitrogen and oxygen atoms in total. The quantitative estimate of drug-likeness (QED) is 0.844. The highest BCUT2D eigenvalue weighted by molar-refractivity contribution is 5.73. The van der Waals surface area contributed by atoms with E-state index in [9.17, 15) is 9.90 Å². The Bertz CT molecular complexity index is 659. The third-order valence-corrected chi connectivity index (χ3v) is 5.97.